The van der Waals surface area contributed by atoms with Crippen LogP contribution in [0.5, 0.6) is 5.75 Å². The summed E-state index contributed by atoms with van der Waals surface area (Å²) in [4.78, 5) is 22.7. The Bertz CT molecular complexity index is 1250. The van der Waals surface area contributed by atoms with Crippen LogP contribution in [-0.4, -0.2) is 33.1 Å². The third kappa shape index (κ3) is 2.85. The predicted molar refractivity (Wildman–Crippen MR) is 104 cm³/mol. The van der Waals surface area contributed by atoms with Crippen LogP contribution in [-0.2, 0) is 4.79 Å². The van der Waals surface area contributed by atoms with Crippen molar-refractivity contribution < 1.29 is 14.6 Å². The van der Waals surface area contributed by atoms with Gasteiger partial charge in [0.1, 0.15) is 11.6 Å². The lowest BCUT2D eigenvalue weighted by Crippen LogP contribution is -2.11. The van der Waals surface area contributed by atoms with Gasteiger partial charge in [-0.15, -0.1) is 0 Å². The molecule has 0 saturated carbocycles. The number of ether oxygens (including phenoxy) is 1. The summed E-state index contributed by atoms with van der Waals surface area (Å²) in [5, 5.41) is 19.6. The highest BCUT2D eigenvalue weighted by atomic mass is 16.5. The first kappa shape index (κ1) is 17.6. The standard InChI is InChI=1S/C21H18N4O3/c1-11-7-17(28-2)19(13-5-6-23-20(11)13)14(9-18(26)27)21-24-15-4-3-12(10-22)8-16(15)25-21/h3-8,14,23H,9H2,1-2H3,(H,24,25)(H,26,27). The maximum Gasteiger partial charge on any atom is 0.304 e. The second-order valence-electron chi connectivity index (χ2n) is 6.69. The van der Waals surface area contributed by atoms with Crippen molar-refractivity contribution in [1.82, 2.24) is 15.0 Å². The maximum absolute atomic E-state index is 11.7. The summed E-state index contributed by atoms with van der Waals surface area (Å²) in [6.45, 7) is 1.97. The molecule has 0 aliphatic rings. The quantitative estimate of drug-likeness (QED) is 0.491. The summed E-state index contributed by atoms with van der Waals surface area (Å²) < 4.78 is 5.61. The van der Waals surface area contributed by atoms with E-state index < -0.39 is 11.9 Å². The summed E-state index contributed by atoms with van der Waals surface area (Å²) >= 11 is 0. The van der Waals surface area contributed by atoms with E-state index >= 15 is 0 Å². The van der Waals surface area contributed by atoms with Crippen LogP contribution in [0.25, 0.3) is 21.9 Å². The number of benzene rings is 2. The Morgan fingerprint density at radius 1 is 1.36 bits per heavy atom. The fraction of sp³-hybridized carbons (Fsp3) is 0.190. The van der Waals surface area contributed by atoms with Crippen molar-refractivity contribution in [3.63, 3.8) is 0 Å². The number of nitrogens with zero attached hydrogens (tertiary/aromatic N) is 2. The third-order valence-corrected chi connectivity index (χ3v) is 4.95. The molecule has 0 aliphatic heterocycles. The molecule has 4 rings (SSSR count). The van der Waals surface area contributed by atoms with Crippen molar-refractivity contribution in [2.24, 2.45) is 0 Å². The molecule has 1 atom stereocenters. The van der Waals surface area contributed by atoms with Crippen LogP contribution in [0.3, 0.4) is 0 Å². The number of methoxy groups -OCH3 is 1. The molecule has 0 spiro atoms. The number of aryl methyl sites for hydroxylation is 1. The van der Waals surface area contributed by atoms with Gasteiger partial charge in [-0.2, -0.15) is 5.26 Å². The molecule has 0 saturated heterocycles. The van der Waals surface area contributed by atoms with Gasteiger partial charge in [-0.3, -0.25) is 4.79 Å². The Morgan fingerprint density at radius 2 is 2.18 bits per heavy atom. The normalized spacial score (nSPS) is 12.2. The van der Waals surface area contributed by atoms with E-state index in [1.807, 2.05) is 25.3 Å². The minimum atomic E-state index is -0.936. The zero-order valence-electron chi connectivity index (χ0n) is 15.4. The van der Waals surface area contributed by atoms with Crippen LogP contribution in [0.2, 0.25) is 0 Å². The highest BCUT2D eigenvalue weighted by molar-refractivity contribution is 5.90. The number of hydrogen-bond acceptors (Lipinski definition) is 4. The maximum atomic E-state index is 11.7. The van der Waals surface area contributed by atoms with Gasteiger partial charge in [0, 0.05) is 22.7 Å². The molecule has 0 amide bonds. The van der Waals surface area contributed by atoms with Crippen LogP contribution >= 0.6 is 0 Å². The summed E-state index contributed by atoms with van der Waals surface area (Å²) in [6.07, 6.45) is 1.68. The molecule has 3 N–H and O–H groups in total. The van der Waals surface area contributed by atoms with Crippen molar-refractivity contribution in [1.29, 1.82) is 5.26 Å². The fourth-order valence-corrected chi connectivity index (χ4v) is 3.70. The molecule has 2 heterocycles. The zero-order valence-corrected chi connectivity index (χ0v) is 15.4. The number of nitriles is 1. The number of carbonyl (C=O) groups is 1. The number of carboxylic acid groups (broad SMARTS) is 1. The van der Waals surface area contributed by atoms with Crippen LogP contribution in [0, 0.1) is 18.3 Å². The Kier molecular flexibility index (Phi) is 4.24. The molecular weight excluding hydrogens is 356 g/mol. The first-order chi connectivity index (χ1) is 13.5. The number of fused-ring (bicyclic) bond motifs is 2. The second-order valence-corrected chi connectivity index (χ2v) is 6.69. The van der Waals surface area contributed by atoms with E-state index in [1.165, 1.54) is 0 Å². The van der Waals surface area contributed by atoms with Crippen molar-refractivity contribution in [2.75, 3.05) is 7.11 Å². The number of aromatic nitrogens is 3. The number of nitrogens with one attached hydrogen (secondary N) is 2. The molecule has 0 bridgehead atoms. The number of carboxylic acids is 1. The number of H-pyrrole nitrogens is 2. The molecule has 2 aromatic carbocycles. The lowest BCUT2D eigenvalue weighted by molar-refractivity contribution is -0.137. The SMILES string of the molecule is COc1cc(C)c2[nH]ccc2c1C(CC(=O)O)c1nc2ccc(C#N)cc2[nH]1. The van der Waals surface area contributed by atoms with Gasteiger partial charge in [-0.1, -0.05) is 0 Å². The molecule has 7 heteroatoms. The average molecular weight is 374 g/mol. The zero-order chi connectivity index (χ0) is 19.8. The van der Waals surface area contributed by atoms with E-state index in [2.05, 4.69) is 21.0 Å². The number of aromatic amines is 2. The molecule has 7 nitrogen and oxygen atoms in total. The number of rotatable bonds is 5. The minimum absolute atomic E-state index is 0.148. The van der Waals surface area contributed by atoms with Gasteiger partial charge >= 0.3 is 5.97 Å². The first-order valence-electron chi connectivity index (χ1n) is 8.78. The Balaban J connectivity index is 1.96. The topological polar surface area (TPSA) is 115 Å². The molecule has 1 unspecified atom stereocenters. The van der Waals surface area contributed by atoms with Crippen LogP contribution in [0.4, 0.5) is 0 Å². The molecule has 140 valence electrons. The summed E-state index contributed by atoms with van der Waals surface area (Å²) in [6, 6.07) is 11.1. The van der Waals surface area contributed by atoms with Crippen LogP contribution in [0.15, 0.2) is 36.5 Å². The van der Waals surface area contributed by atoms with E-state index in [9.17, 15) is 9.90 Å². The second kappa shape index (κ2) is 6.74. The highest BCUT2D eigenvalue weighted by Gasteiger charge is 2.27. The van der Waals surface area contributed by atoms with Crippen molar-refractivity contribution in [3.05, 3.63) is 59.0 Å². The Hall–Kier alpha value is -3.79. The largest absolute Gasteiger partial charge is 0.496 e. The van der Waals surface area contributed by atoms with E-state index in [-0.39, 0.29) is 6.42 Å². The first-order valence-corrected chi connectivity index (χ1v) is 8.78. The van der Waals surface area contributed by atoms with Crippen molar-refractivity contribution in [2.45, 2.75) is 19.3 Å². The van der Waals surface area contributed by atoms with Gasteiger partial charge in [-0.05, 0) is 42.8 Å². The van der Waals surface area contributed by atoms with E-state index in [0.29, 0.717) is 28.2 Å². The fourth-order valence-electron chi connectivity index (χ4n) is 3.70. The number of aliphatic carboxylic acids is 1. The lowest BCUT2D eigenvalue weighted by Gasteiger charge is -2.19. The molecule has 4 aromatic rings. The summed E-state index contributed by atoms with van der Waals surface area (Å²) in [5.41, 5.74) is 4.61. The van der Waals surface area contributed by atoms with Gasteiger partial charge in [0.2, 0.25) is 0 Å². The summed E-state index contributed by atoms with van der Waals surface area (Å²) in [7, 11) is 1.58. The van der Waals surface area contributed by atoms with E-state index in [1.54, 1.807) is 25.3 Å². The predicted octanol–water partition coefficient (Wildman–Crippen LogP) is 3.84. The van der Waals surface area contributed by atoms with E-state index in [4.69, 9.17) is 10.00 Å². The number of imidazole rings is 1. The average Bonchev–Trinajstić information content (AvgIpc) is 3.32. The van der Waals surface area contributed by atoms with Gasteiger partial charge < -0.3 is 19.8 Å². The summed E-state index contributed by atoms with van der Waals surface area (Å²) in [5.74, 6) is -0.329. The Labute approximate surface area is 160 Å². The smallest absolute Gasteiger partial charge is 0.304 e. The molecule has 0 radical (unpaired) electrons. The molecule has 2 aromatic heterocycles. The minimum Gasteiger partial charge on any atom is -0.496 e. The van der Waals surface area contributed by atoms with Gasteiger partial charge in [0.25, 0.3) is 0 Å². The molecule has 28 heavy (non-hydrogen) atoms. The van der Waals surface area contributed by atoms with Crippen LogP contribution < -0.4 is 4.74 Å². The monoisotopic (exact) mass is 374 g/mol. The van der Waals surface area contributed by atoms with E-state index in [0.717, 1.165) is 22.0 Å². The highest BCUT2D eigenvalue weighted by Crippen LogP contribution is 2.40. The van der Waals surface area contributed by atoms with Gasteiger partial charge in [0.15, 0.2) is 0 Å². The van der Waals surface area contributed by atoms with Crippen molar-refractivity contribution in [3.8, 4) is 11.8 Å². The van der Waals surface area contributed by atoms with Crippen LogP contribution in [0.1, 0.15) is 34.9 Å². The molecule has 0 fully saturated rings. The molecular formula is C21H18N4O3. The van der Waals surface area contributed by atoms with Gasteiger partial charge in [0.05, 0.1) is 42.1 Å². The third-order valence-electron chi connectivity index (χ3n) is 4.95. The lowest BCUT2D eigenvalue weighted by atomic mass is 9.90. The van der Waals surface area contributed by atoms with Gasteiger partial charge in [-0.25, -0.2) is 4.98 Å². The Morgan fingerprint density at radius 3 is 2.89 bits per heavy atom. The molecule has 0 aliphatic carbocycles. The number of hydrogen-bond donors (Lipinski definition) is 3. The van der Waals surface area contributed by atoms with Crippen molar-refractivity contribution >= 4 is 27.9 Å².